The molecule has 53 heavy (non-hydrogen) atoms. The number of rotatable bonds is 27. The van der Waals surface area contributed by atoms with Crippen molar-refractivity contribution in [3.05, 3.63) is 59.7 Å². The van der Waals surface area contributed by atoms with Crippen LogP contribution in [-0.4, -0.2) is 119 Å². The summed E-state index contributed by atoms with van der Waals surface area (Å²) in [7, 11) is 3.23. The maximum Gasteiger partial charge on any atom is 0.320 e. The van der Waals surface area contributed by atoms with Crippen LogP contribution in [0.25, 0.3) is 0 Å². The second-order valence-electron chi connectivity index (χ2n) is 14.7. The third kappa shape index (κ3) is 20.7. The minimum atomic E-state index is -0.669. The van der Waals surface area contributed by atoms with Gasteiger partial charge >= 0.3 is 11.9 Å². The van der Waals surface area contributed by atoms with E-state index in [1.165, 1.54) is 0 Å². The van der Waals surface area contributed by atoms with Gasteiger partial charge in [0, 0.05) is 51.0 Å². The molecule has 2 aromatic rings. The van der Waals surface area contributed by atoms with Gasteiger partial charge in [0.1, 0.15) is 22.7 Å². The Balaban J connectivity index is 2.50. The van der Waals surface area contributed by atoms with Gasteiger partial charge in [0.05, 0.1) is 39.5 Å². The van der Waals surface area contributed by atoms with E-state index in [0.29, 0.717) is 70.5 Å². The normalized spacial score (nSPS) is 12.6. The molecule has 0 spiro atoms. The summed E-state index contributed by atoms with van der Waals surface area (Å²) < 4.78 is 44.9. The van der Waals surface area contributed by atoms with Gasteiger partial charge in [-0.1, -0.05) is 42.8 Å². The van der Waals surface area contributed by atoms with Crippen LogP contribution in [0.5, 0.6) is 11.5 Å². The van der Waals surface area contributed by atoms with Crippen molar-refractivity contribution in [2.24, 2.45) is 5.73 Å². The summed E-state index contributed by atoms with van der Waals surface area (Å²) >= 11 is 0. The molecule has 0 saturated heterocycles. The van der Waals surface area contributed by atoms with Gasteiger partial charge in [0.2, 0.25) is 0 Å². The zero-order valence-corrected chi connectivity index (χ0v) is 33.4. The van der Waals surface area contributed by atoms with Crippen LogP contribution in [0, 0.1) is 0 Å². The van der Waals surface area contributed by atoms with Crippen LogP contribution in [0.4, 0.5) is 0 Å². The predicted octanol–water partition coefficient (Wildman–Crippen LogP) is 5.17. The summed E-state index contributed by atoms with van der Waals surface area (Å²) in [5.41, 5.74) is 6.36. The molecule has 0 unspecified atom stereocenters. The molecule has 0 saturated carbocycles. The number of methoxy groups -OCH3 is 2. The van der Waals surface area contributed by atoms with E-state index in [1.54, 1.807) is 14.2 Å². The van der Waals surface area contributed by atoms with Crippen LogP contribution in [0.3, 0.4) is 0 Å². The summed E-state index contributed by atoms with van der Waals surface area (Å²) in [5.74, 6) is 0.575. The van der Waals surface area contributed by atoms with Crippen molar-refractivity contribution in [2.45, 2.75) is 91.1 Å². The molecule has 2 rings (SSSR count). The highest BCUT2D eigenvalue weighted by molar-refractivity contribution is 5.72. The lowest BCUT2D eigenvalue weighted by Gasteiger charge is -2.36. The summed E-state index contributed by atoms with van der Waals surface area (Å²) in [4.78, 5) is 31.0. The average molecular weight is 748 g/mol. The molecule has 0 aliphatic rings. The van der Waals surface area contributed by atoms with E-state index in [1.807, 2.05) is 95.0 Å². The number of nitrogens with two attached hydrogens (primary N) is 1. The molecule has 0 aliphatic heterocycles. The molecule has 1 atom stereocenters. The summed E-state index contributed by atoms with van der Waals surface area (Å²) in [6.45, 7) is 14.7. The molecule has 0 aliphatic carbocycles. The van der Waals surface area contributed by atoms with Crippen LogP contribution < -0.4 is 15.2 Å². The van der Waals surface area contributed by atoms with Crippen LogP contribution >= 0.6 is 0 Å². The number of ether oxygens (including phenoxy) is 8. The molecule has 0 fully saturated rings. The van der Waals surface area contributed by atoms with Gasteiger partial charge in [-0.3, -0.25) is 19.4 Å². The van der Waals surface area contributed by atoms with Crippen molar-refractivity contribution in [2.75, 3.05) is 80.4 Å². The fourth-order valence-corrected chi connectivity index (χ4v) is 5.43. The first-order chi connectivity index (χ1) is 25.2. The Hall–Kier alpha value is -3.30. The Kier molecular flexibility index (Phi) is 21.5. The molecule has 2 aromatic carbocycles. The monoisotopic (exact) mass is 747 g/mol. The van der Waals surface area contributed by atoms with Gasteiger partial charge in [-0.2, -0.15) is 0 Å². The second kappa shape index (κ2) is 24.9. The summed E-state index contributed by atoms with van der Waals surface area (Å²) in [6, 6.07) is 15.2. The largest absolute Gasteiger partial charge is 0.467 e. The number of benzene rings is 2. The van der Waals surface area contributed by atoms with Gasteiger partial charge in [0.25, 0.3) is 0 Å². The van der Waals surface area contributed by atoms with E-state index in [9.17, 15) is 9.59 Å². The third-order valence-electron chi connectivity index (χ3n) is 7.67. The van der Waals surface area contributed by atoms with E-state index in [-0.39, 0.29) is 44.7 Å². The summed E-state index contributed by atoms with van der Waals surface area (Å²) in [6.07, 6.45) is 2.33. The first-order valence-electron chi connectivity index (χ1n) is 18.4. The van der Waals surface area contributed by atoms with E-state index < -0.39 is 11.2 Å². The van der Waals surface area contributed by atoms with Gasteiger partial charge in [-0.05, 0) is 73.1 Å². The Morgan fingerprint density at radius 2 is 1.17 bits per heavy atom. The highest BCUT2D eigenvalue weighted by Crippen LogP contribution is 2.25. The smallest absolute Gasteiger partial charge is 0.320 e. The SMILES string of the molecule is COCCOCOc1ccccc1CN(CC(=O)OC(C)(C)C)C[C@H](CCCCN)N(CC(=O)OC(C)(C)C)Cc1ccccc1OCOCCOC. The van der Waals surface area contributed by atoms with Crippen molar-refractivity contribution >= 4 is 11.9 Å². The molecule has 300 valence electrons. The van der Waals surface area contributed by atoms with Gasteiger partial charge in [-0.25, -0.2) is 0 Å². The second-order valence-corrected chi connectivity index (χ2v) is 14.7. The molecular weight excluding hydrogens is 682 g/mol. The first-order valence-corrected chi connectivity index (χ1v) is 18.4. The Morgan fingerprint density at radius 1 is 0.679 bits per heavy atom. The molecule has 0 aromatic heterocycles. The van der Waals surface area contributed by atoms with Crippen LogP contribution in [0.2, 0.25) is 0 Å². The number of hydrogen-bond donors (Lipinski definition) is 1. The molecule has 2 N–H and O–H groups in total. The topological polar surface area (TPSA) is 140 Å². The van der Waals surface area contributed by atoms with Crippen LogP contribution in [0.15, 0.2) is 48.5 Å². The Morgan fingerprint density at radius 3 is 1.66 bits per heavy atom. The van der Waals surface area contributed by atoms with Crippen LogP contribution in [0.1, 0.15) is 71.9 Å². The number of unbranched alkanes of at least 4 members (excludes halogenated alkanes) is 1. The van der Waals surface area contributed by atoms with Gasteiger partial charge in [0.15, 0.2) is 13.6 Å². The highest BCUT2D eigenvalue weighted by atomic mass is 16.7. The lowest BCUT2D eigenvalue weighted by atomic mass is 10.0. The lowest BCUT2D eigenvalue weighted by Crippen LogP contribution is -2.48. The first kappa shape index (κ1) is 45.9. The molecule has 0 bridgehead atoms. The fraction of sp³-hybridized carbons (Fsp3) is 0.650. The van der Waals surface area contributed by atoms with E-state index >= 15 is 0 Å². The molecular formula is C40H65N3O10. The number of esters is 2. The number of hydrogen-bond acceptors (Lipinski definition) is 13. The van der Waals surface area contributed by atoms with Crippen molar-refractivity contribution < 1.29 is 47.5 Å². The standard InChI is InChI=1S/C40H65N3O10/c1-39(2,3)52-37(44)28-42(25-32-15-9-11-18-35(32)50-30-48-23-21-46-7)27-34(17-13-14-20-41)43(29-38(45)53-40(4,5)6)26-33-16-10-12-19-36(33)51-31-49-24-22-47-8/h9-12,15-16,18-19,34H,13-14,17,20-31,41H2,1-8H3/t34-/m0/s1. The van der Waals surface area contributed by atoms with E-state index in [0.717, 1.165) is 24.0 Å². The minimum Gasteiger partial charge on any atom is -0.467 e. The van der Waals surface area contributed by atoms with E-state index in [4.69, 9.17) is 43.6 Å². The maximum atomic E-state index is 13.5. The zero-order valence-electron chi connectivity index (χ0n) is 33.4. The molecule has 13 nitrogen and oxygen atoms in total. The fourth-order valence-electron chi connectivity index (χ4n) is 5.43. The number of carbonyl (C=O) groups is 2. The van der Waals surface area contributed by atoms with Crippen molar-refractivity contribution in [1.82, 2.24) is 9.80 Å². The Labute approximate surface area is 317 Å². The highest BCUT2D eigenvalue weighted by Gasteiger charge is 2.29. The number of para-hydroxylation sites is 2. The van der Waals surface area contributed by atoms with E-state index in [2.05, 4.69) is 4.90 Å². The zero-order chi connectivity index (χ0) is 39.1. The van der Waals surface area contributed by atoms with Crippen molar-refractivity contribution in [1.29, 1.82) is 0 Å². The third-order valence-corrected chi connectivity index (χ3v) is 7.67. The van der Waals surface area contributed by atoms with Gasteiger partial charge in [-0.15, -0.1) is 0 Å². The number of nitrogens with zero attached hydrogens (tertiary/aromatic N) is 2. The Bertz CT molecular complexity index is 1310. The molecule has 0 amide bonds. The van der Waals surface area contributed by atoms with Crippen LogP contribution in [-0.2, 0) is 51.1 Å². The summed E-state index contributed by atoms with van der Waals surface area (Å²) in [5, 5.41) is 0. The van der Waals surface area contributed by atoms with Crippen molar-refractivity contribution in [3.63, 3.8) is 0 Å². The maximum absolute atomic E-state index is 13.5. The number of carbonyl (C=O) groups excluding carboxylic acids is 2. The molecule has 0 heterocycles. The quantitative estimate of drug-likeness (QED) is 0.0731. The minimum absolute atomic E-state index is 0.0159. The van der Waals surface area contributed by atoms with Crippen molar-refractivity contribution in [3.8, 4) is 11.5 Å². The molecule has 0 radical (unpaired) electrons. The predicted molar refractivity (Wildman–Crippen MR) is 204 cm³/mol. The lowest BCUT2D eigenvalue weighted by molar-refractivity contribution is -0.159. The average Bonchev–Trinajstić information content (AvgIpc) is 3.07. The molecule has 13 heteroatoms. The van der Waals surface area contributed by atoms with Gasteiger partial charge < -0.3 is 43.6 Å².